The molecule has 1 aliphatic carbocycles. The summed E-state index contributed by atoms with van der Waals surface area (Å²) in [7, 11) is 1.90. The van der Waals surface area contributed by atoms with E-state index in [1.165, 1.54) is 0 Å². The van der Waals surface area contributed by atoms with Crippen LogP contribution >= 0.6 is 11.6 Å². The molecule has 22 heavy (non-hydrogen) atoms. The standard InChI is InChI=1S/C15H20ClN5O/c1-9-12(16)19-14(15-17-5-6-21(15)2)20-13(9)18-11-4-3-10(7-11)8-22/h5-6,10-11,22H,3-4,7-8H2,1-2H3,(H,18,19,20)/t10-,11+/m0/s1. The van der Waals surface area contributed by atoms with Crippen LogP contribution in [0.1, 0.15) is 24.8 Å². The number of rotatable bonds is 4. The molecule has 7 heteroatoms. The second kappa shape index (κ2) is 6.22. The minimum atomic E-state index is 0.250. The monoisotopic (exact) mass is 321 g/mol. The van der Waals surface area contributed by atoms with E-state index in [1.54, 1.807) is 6.20 Å². The Morgan fingerprint density at radius 3 is 2.86 bits per heavy atom. The van der Waals surface area contributed by atoms with E-state index >= 15 is 0 Å². The molecule has 0 unspecified atom stereocenters. The number of nitrogens with zero attached hydrogens (tertiary/aromatic N) is 4. The summed E-state index contributed by atoms with van der Waals surface area (Å²) < 4.78 is 1.86. The largest absolute Gasteiger partial charge is 0.396 e. The lowest BCUT2D eigenvalue weighted by Gasteiger charge is -2.16. The van der Waals surface area contributed by atoms with Crippen LogP contribution in [0.25, 0.3) is 11.6 Å². The molecule has 2 N–H and O–H groups in total. The van der Waals surface area contributed by atoms with Gasteiger partial charge in [-0.05, 0) is 32.1 Å². The molecule has 2 aromatic heterocycles. The van der Waals surface area contributed by atoms with Gasteiger partial charge in [-0.1, -0.05) is 11.6 Å². The van der Waals surface area contributed by atoms with Crippen molar-refractivity contribution in [2.45, 2.75) is 32.2 Å². The van der Waals surface area contributed by atoms with Gasteiger partial charge in [-0.25, -0.2) is 15.0 Å². The zero-order valence-corrected chi connectivity index (χ0v) is 13.5. The number of aliphatic hydroxyl groups is 1. The Kier molecular flexibility index (Phi) is 4.31. The Balaban J connectivity index is 1.88. The Labute approximate surface area is 134 Å². The van der Waals surface area contributed by atoms with Gasteiger partial charge in [-0.3, -0.25) is 0 Å². The highest BCUT2D eigenvalue weighted by Crippen LogP contribution is 2.30. The van der Waals surface area contributed by atoms with Crippen molar-refractivity contribution in [3.63, 3.8) is 0 Å². The zero-order valence-electron chi connectivity index (χ0n) is 12.8. The summed E-state index contributed by atoms with van der Waals surface area (Å²) in [4.78, 5) is 13.2. The molecule has 0 saturated heterocycles. The molecule has 2 heterocycles. The summed E-state index contributed by atoms with van der Waals surface area (Å²) in [6.45, 7) is 2.16. The number of hydrogen-bond acceptors (Lipinski definition) is 5. The molecule has 0 spiro atoms. The predicted octanol–water partition coefficient (Wildman–Crippen LogP) is 2.41. The average Bonchev–Trinajstić information content (AvgIpc) is 3.12. The van der Waals surface area contributed by atoms with E-state index in [0.717, 1.165) is 30.6 Å². The fourth-order valence-electron chi connectivity index (χ4n) is 2.88. The topological polar surface area (TPSA) is 75.9 Å². The highest BCUT2D eigenvalue weighted by molar-refractivity contribution is 6.30. The van der Waals surface area contributed by atoms with E-state index in [4.69, 9.17) is 11.6 Å². The van der Waals surface area contributed by atoms with Gasteiger partial charge in [-0.2, -0.15) is 0 Å². The summed E-state index contributed by atoms with van der Waals surface area (Å²) in [5.74, 6) is 2.33. The molecule has 0 amide bonds. The minimum absolute atomic E-state index is 0.250. The Morgan fingerprint density at radius 1 is 1.41 bits per heavy atom. The quantitative estimate of drug-likeness (QED) is 0.846. The molecule has 0 aliphatic heterocycles. The maximum atomic E-state index is 9.26. The van der Waals surface area contributed by atoms with Crippen LogP contribution in [0.4, 0.5) is 5.82 Å². The molecule has 1 fully saturated rings. The van der Waals surface area contributed by atoms with Crippen LogP contribution < -0.4 is 5.32 Å². The van der Waals surface area contributed by atoms with Crippen molar-refractivity contribution in [1.29, 1.82) is 0 Å². The molecule has 6 nitrogen and oxygen atoms in total. The van der Waals surface area contributed by atoms with Crippen molar-refractivity contribution in [2.75, 3.05) is 11.9 Å². The summed E-state index contributed by atoms with van der Waals surface area (Å²) in [6, 6.07) is 0.316. The third-order valence-electron chi connectivity index (χ3n) is 4.25. The molecule has 2 aromatic rings. The van der Waals surface area contributed by atoms with Crippen LogP contribution in [-0.2, 0) is 7.05 Å². The fourth-order valence-corrected chi connectivity index (χ4v) is 3.05. The van der Waals surface area contributed by atoms with Gasteiger partial charge in [0.25, 0.3) is 0 Å². The van der Waals surface area contributed by atoms with Gasteiger partial charge in [0.05, 0.1) is 0 Å². The normalized spacial score (nSPS) is 21.3. The molecule has 0 aromatic carbocycles. The number of halogens is 1. The Hall–Kier alpha value is -1.66. The van der Waals surface area contributed by atoms with Crippen molar-refractivity contribution in [2.24, 2.45) is 13.0 Å². The SMILES string of the molecule is Cc1c(Cl)nc(-c2nccn2C)nc1N[C@@H]1CC[C@H](CO)C1. The molecular weight excluding hydrogens is 302 g/mol. The van der Waals surface area contributed by atoms with Crippen LogP contribution in [0, 0.1) is 12.8 Å². The van der Waals surface area contributed by atoms with E-state index in [-0.39, 0.29) is 6.61 Å². The van der Waals surface area contributed by atoms with Crippen molar-refractivity contribution in [3.05, 3.63) is 23.1 Å². The lowest BCUT2D eigenvalue weighted by Crippen LogP contribution is -2.18. The molecule has 1 aliphatic rings. The van der Waals surface area contributed by atoms with Crippen LogP contribution in [-0.4, -0.2) is 37.3 Å². The molecular formula is C15H20ClN5O. The maximum absolute atomic E-state index is 9.26. The summed E-state index contributed by atoms with van der Waals surface area (Å²) in [6.07, 6.45) is 6.59. The number of anilines is 1. The van der Waals surface area contributed by atoms with E-state index in [9.17, 15) is 5.11 Å². The fraction of sp³-hybridized carbons (Fsp3) is 0.533. The minimum Gasteiger partial charge on any atom is -0.396 e. The number of aryl methyl sites for hydroxylation is 1. The molecule has 118 valence electrons. The van der Waals surface area contributed by atoms with Gasteiger partial charge in [0, 0.05) is 37.7 Å². The second-order valence-corrected chi connectivity index (χ2v) is 6.23. The molecule has 1 saturated carbocycles. The Morgan fingerprint density at radius 2 is 2.23 bits per heavy atom. The number of aliphatic hydroxyl groups excluding tert-OH is 1. The van der Waals surface area contributed by atoms with Crippen LogP contribution in [0.3, 0.4) is 0 Å². The average molecular weight is 322 g/mol. The second-order valence-electron chi connectivity index (χ2n) is 5.88. The maximum Gasteiger partial charge on any atom is 0.199 e. The first kappa shape index (κ1) is 15.2. The van der Waals surface area contributed by atoms with Gasteiger partial charge in [0.15, 0.2) is 11.6 Å². The number of nitrogens with one attached hydrogen (secondary N) is 1. The van der Waals surface area contributed by atoms with Crippen molar-refractivity contribution in [3.8, 4) is 11.6 Å². The third-order valence-corrected chi connectivity index (χ3v) is 4.62. The van der Waals surface area contributed by atoms with Gasteiger partial charge < -0.3 is 15.0 Å². The van der Waals surface area contributed by atoms with Crippen molar-refractivity contribution < 1.29 is 5.11 Å². The number of aromatic nitrogens is 4. The molecule has 3 rings (SSSR count). The highest BCUT2D eigenvalue weighted by atomic mass is 35.5. The zero-order chi connectivity index (χ0) is 15.7. The predicted molar refractivity (Wildman–Crippen MR) is 85.8 cm³/mol. The van der Waals surface area contributed by atoms with Crippen LogP contribution in [0.2, 0.25) is 5.15 Å². The highest BCUT2D eigenvalue weighted by Gasteiger charge is 2.25. The van der Waals surface area contributed by atoms with E-state index in [1.807, 2.05) is 24.7 Å². The lowest BCUT2D eigenvalue weighted by molar-refractivity contribution is 0.229. The van der Waals surface area contributed by atoms with Crippen LogP contribution in [0.15, 0.2) is 12.4 Å². The first-order chi connectivity index (χ1) is 10.6. The smallest absolute Gasteiger partial charge is 0.199 e. The summed E-state index contributed by atoms with van der Waals surface area (Å²) in [5, 5.41) is 13.2. The third kappa shape index (κ3) is 2.94. The summed E-state index contributed by atoms with van der Waals surface area (Å²) >= 11 is 6.26. The van der Waals surface area contributed by atoms with Crippen molar-refractivity contribution >= 4 is 17.4 Å². The molecule has 0 radical (unpaired) electrons. The van der Waals surface area contributed by atoms with Crippen molar-refractivity contribution in [1.82, 2.24) is 19.5 Å². The Bertz CT molecular complexity index is 672. The summed E-state index contributed by atoms with van der Waals surface area (Å²) in [5.41, 5.74) is 0.840. The number of hydrogen-bond donors (Lipinski definition) is 2. The van der Waals surface area contributed by atoms with E-state index in [2.05, 4.69) is 20.3 Å². The van der Waals surface area contributed by atoms with E-state index < -0.39 is 0 Å². The first-order valence-electron chi connectivity index (χ1n) is 7.47. The van der Waals surface area contributed by atoms with Crippen LogP contribution in [0.5, 0.6) is 0 Å². The molecule has 0 bridgehead atoms. The van der Waals surface area contributed by atoms with Gasteiger partial charge in [0.2, 0.25) is 0 Å². The van der Waals surface area contributed by atoms with Gasteiger partial charge in [-0.15, -0.1) is 0 Å². The number of imidazole rings is 1. The van der Waals surface area contributed by atoms with Gasteiger partial charge >= 0.3 is 0 Å². The van der Waals surface area contributed by atoms with E-state index in [0.29, 0.717) is 28.8 Å². The first-order valence-corrected chi connectivity index (χ1v) is 7.85. The lowest BCUT2D eigenvalue weighted by atomic mass is 10.1. The molecule has 2 atom stereocenters. The van der Waals surface area contributed by atoms with Gasteiger partial charge in [0.1, 0.15) is 11.0 Å².